The van der Waals surface area contributed by atoms with E-state index in [4.69, 9.17) is 0 Å². The highest BCUT2D eigenvalue weighted by Crippen LogP contribution is 2.44. The van der Waals surface area contributed by atoms with Gasteiger partial charge in [0.15, 0.2) is 5.78 Å². The largest absolute Gasteiger partial charge is 0.294 e. The third-order valence-electron chi connectivity index (χ3n) is 2.97. The van der Waals surface area contributed by atoms with Gasteiger partial charge >= 0.3 is 0 Å². The van der Waals surface area contributed by atoms with Crippen LogP contribution in [0.4, 0.5) is 0 Å². The van der Waals surface area contributed by atoms with E-state index < -0.39 is 0 Å². The molecule has 0 saturated carbocycles. The Bertz CT molecular complexity index is 323. The normalized spacial score (nSPS) is 21.4. The number of ketones is 1. The lowest BCUT2D eigenvalue weighted by Gasteiger charge is -2.21. The van der Waals surface area contributed by atoms with E-state index in [1.54, 1.807) is 0 Å². The zero-order valence-electron chi connectivity index (χ0n) is 9.41. The maximum absolute atomic E-state index is 11.9. The number of carbonyl (C=O) groups excluding carboxylic acids is 1. The van der Waals surface area contributed by atoms with Crippen molar-refractivity contribution in [3.63, 3.8) is 0 Å². The standard InChI is InChI=1S/C12H18O/c1-7(2)10-8(3)9(4)11(13)12(10,5)6/h1-6H3. The summed E-state index contributed by atoms with van der Waals surface area (Å²) in [6.45, 7) is 12.1. The second kappa shape index (κ2) is 2.83. The Morgan fingerprint density at radius 3 is 1.69 bits per heavy atom. The predicted molar refractivity (Wildman–Crippen MR) is 55.5 cm³/mol. The van der Waals surface area contributed by atoms with Crippen molar-refractivity contribution in [1.29, 1.82) is 0 Å². The zero-order valence-corrected chi connectivity index (χ0v) is 9.41. The summed E-state index contributed by atoms with van der Waals surface area (Å²) in [5.41, 5.74) is 4.30. The van der Waals surface area contributed by atoms with Crippen molar-refractivity contribution in [2.45, 2.75) is 41.5 Å². The fraction of sp³-hybridized carbons (Fsp3) is 0.583. The summed E-state index contributed by atoms with van der Waals surface area (Å²) in [4.78, 5) is 11.9. The van der Waals surface area contributed by atoms with E-state index in [0.29, 0.717) is 0 Å². The zero-order chi connectivity index (χ0) is 10.4. The molecule has 0 atom stereocenters. The average Bonchev–Trinajstić information content (AvgIpc) is 2.12. The van der Waals surface area contributed by atoms with Crippen LogP contribution >= 0.6 is 0 Å². The van der Waals surface area contributed by atoms with Crippen molar-refractivity contribution in [1.82, 2.24) is 0 Å². The highest BCUT2D eigenvalue weighted by molar-refractivity contribution is 6.06. The molecule has 0 amide bonds. The van der Waals surface area contributed by atoms with Gasteiger partial charge in [-0.3, -0.25) is 4.79 Å². The number of hydrogen-bond acceptors (Lipinski definition) is 1. The number of rotatable bonds is 0. The first-order valence-electron chi connectivity index (χ1n) is 4.70. The van der Waals surface area contributed by atoms with Crippen LogP contribution < -0.4 is 0 Å². The van der Waals surface area contributed by atoms with E-state index in [0.717, 1.165) is 5.57 Å². The van der Waals surface area contributed by atoms with Gasteiger partial charge in [0.2, 0.25) is 0 Å². The van der Waals surface area contributed by atoms with E-state index in [-0.39, 0.29) is 11.2 Å². The third kappa shape index (κ3) is 1.27. The molecule has 0 saturated heterocycles. The Balaban J connectivity index is 3.43. The first-order chi connectivity index (χ1) is 5.80. The van der Waals surface area contributed by atoms with E-state index in [2.05, 4.69) is 13.8 Å². The van der Waals surface area contributed by atoms with Gasteiger partial charge in [-0.1, -0.05) is 5.57 Å². The Labute approximate surface area is 80.5 Å². The van der Waals surface area contributed by atoms with Crippen LogP contribution in [-0.4, -0.2) is 5.78 Å². The van der Waals surface area contributed by atoms with E-state index in [1.165, 1.54) is 16.7 Å². The summed E-state index contributed by atoms with van der Waals surface area (Å²) in [5.74, 6) is 0.279. The molecule has 72 valence electrons. The summed E-state index contributed by atoms with van der Waals surface area (Å²) in [7, 11) is 0. The highest BCUT2D eigenvalue weighted by Gasteiger charge is 2.40. The van der Waals surface area contributed by atoms with Crippen molar-refractivity contribution >= 4 is 5.78 Å². The van der Waals surface area contributed by atoms with Crippen molar-refractivity contribution in [2.24, 2.45) is 5.41 Å². The average molecular weight is 178 g/mol. The molecule has 1 aliphatic carbocycles. The second-order valence-electron chi connectivity index (χ2n) is 4.58. The van der Waals surface area contributed by atoms with Gasteiger partial charge in [-0.2, -0.15) is 0 Å². The summed E-state index contributed by atoms with van der Waals surface area (Å²) in [6, 6.07) is 0. The van der Waals surface area contributed by atoms with Gasteiger partial charge in [0.05, 0.1) is 5.41 Å². The lowest BCUT2D eigenvalue weighted by atomic mass is 9.81. The smallest absolute Gasteiger partial charge is 0.168 e. The van der Waals surface area contributed by atoms with E-state index >= 15 is 0 Å². The number of allylic oxidation sites excluding steroid dienone is 4. The van der Waals surface area contributed by atoms with Crippen molar-refractivity contribution < 1.29 is 4.79 Å². The molecule has 0 spiro atoms. The lowest BCUT2D eigenvalue weighted by molar-refractivity contribution is -0.120. The van der Waals surface area contributed by atoms with Crippen LogP contribution in [0.3, 0.4) is 0 Å². The van der Waals surface area contributed by atoms with E-state index in [9.17, 15) is 4.79 Å². The summed E-state index contributed by atoms with van der Waals surface area (Å²) in [6.07, 6.45) is 0. The van der Waals surface area contributed by atoms with Gasteiger partial charge in [0, 0.05) is 0 Å². The molecule has 0 fully saturated rings. The van der Waals surface area contributed by atoms with Gasteiger partial charge in [-0.05, 0) is 58.3 Å². The molecule has 1 rings (SSSR count). The van der Waals surface area contributed by atoms with Gasteiger partial charge < -0.3 is 0 Å². The summed E-state index contributed by atoms with van der Waals surface area (Å²) < 4.78 is 0. The molecule has 0 heterocycles. The maximum atomic E-state index is 11.9. The van der Waals surface area contributed by atoms with Crippen LogP contribution in [0.1, 0.15) is 41.5 Å². The predicted octanol–water partition coefficient (Wildman–Crippen LogP) is 3.27. The second-order valence-corrected chi connectivity index (χ2v) is 4.58. The molecule has 0 radical (unpaired) electrons. The maximum Gasteiger partial charge on any atom is 0.168 e. The minimum Gasteiger partial charge on any atom is -0.294 e. The topological polar surface area (TPSA) is 17.1 Å². The van der Waals surface area contributed by atoms with Crippen molar-refractivity contribution in [3.8, 4) is 0 Å². The molecule has 1 aliphatic rings. The van der Waals surface area contributed by atoms with Gasteiger partial charge in [0.25, 0.3) is 0 Å². The fourth-order valence-corrected chi connectivity index (χ4v) is 2.41. The Kier molecular flexibility index (Phi) is 2.23. The van der Waals surface area contributed by atoms with Crippen LogP contribution in [0.5, 0.6) is 0 Å². The molecule has 0 unspecified atom stereocenters. The molecule has 0 aromatic rings. The van der Waals surface area contributed by atoms with Crippen LogP contribution in [0.2, 0.25) is 0 Å². The quantitative estimate of drug-likeness (QED) is 0.556. The Morgan fingerprint density at radius 1 is 1.08 bits per heavy atom. The fourth-order valence-electron chi connectivity index (χ4n) is 2.41. The molecule has 1 heteroatoms. The molecule has 0 bridgehead atoms. The summed E-state index contributed by atoms with van der Waals surface area (Å²) >= 11 is 0. The highest BCUT2D eigenvalue weighted by atomic mass is 16.1. The Hall–Kier alpha value is -0.850. The molecule has 13 heavy (non-hydrogen) atoms. The number of carbonyl (C=O) groups is 1. The number of hydrogen-bond donors (Lipinski definition) is 0. The van der Waals surface area contributed by atoms with Gasteiger partial charge in [-0.15, -0.1) is 0 Å². The molecule has 0 N–H and O–H groups in total. The van der Waals surface area contributed by atoms with Gasteiger partial charge in [-0.25, -0.2) is 0 Å². The SMILES string of the molecule is CC(C)=C1C(C)=C(C)C(=O)C1(C)C. The van der Waals surface area contributed by atoms with Crippen molar-refractivity contribution in [2.75, 3.05) is 0 Å². The molecular formula is C12H18O. The lowest BCUT2D eigenvalue weighted by Crippen LogP contribution is -2.21. The van der Waals surface area contributed by atoms with E-state index in [1.807, 2.05) is 27.7 Å². The first kappa shape index (κ1) is 10.2. The third-order valence-corrected chi connectivity index (χ3v) is 2.97. The van der Waals surface area contributed by atoms with Crippen LogP contribution in [-0.2, 0) is 4.79 Å². The van der Waals surface area contributed by atoms with Crippen molar-refractivity contribution in [3.05, 3.63) is 22.3 Å². The minimum absolute atomic E-state index is 0.279. The number of Topliss-reactive ketones (excluding diaryl/α,β-unsaturated/α-hetero) is 1. The van der Waals surface area contributed by atoms with Crippen LogP contribution in [0.15, 0.2) is 22.3 Å². The molecule has 1 nitrogen and oxygen atoms in total. The summed E-state index contributed by atoms with van der Waals surface area (Å²) in [5, 5.41) is 0. The molecular weight excluding hydrogens is 160 g/mol. The minimum atomic E-state index is -0.299. The monoisotopic (exact) mass is 178 g/mol. The molecule has 0 aromatic heterocycles. The molecule has 0 aromatic carbocycles. The van der Waals surface area contributed by atoms with Crippen LogP contribution in [0.25, 0.3) is 0 Å². The van der Waals surface area contributed by atoms with Gasteiger partial charge in [0.1, 0.15) is 0 Å². The Morgan fingerprint density at radius 2 is 1.54 bits per heavy atom. The molecule has 0 aliphatic heterocycles. The first-order valence-corrected chi connectivity index (χ1v) is 4.70. The van der Waals surface area contributed by atoms with Crippen LogP contribution in [0, 0.1) is 5.41 Å².